The highest BCUT2D eigenvalue weighted by molar-refractivity contribution is 6.30. The standard InChI is InChI=1S/C14H12ClN3O2/c15-7-13(20)18-11-4-2-1-3-9(11)8-16-10-5-6-12(19)17-14(10)18/h1-6,16H,7-8H2,(H,17,19). The van der Waals surface area contributed by atoms with E-state index in [2.05, 4.69) is 10.3 Å². The van der Waals surface area contributed by atoms with Crippen LogP contribution >= 0.6 is 11.6 Å². The Morgan fingerprint density at radius 1 is 1.25 bits per heavy atom. The fourth-order valence-corrected chi connectivity index (χ4v) is 2.41. The maximum atomic E-state index is 12.2. The maximum Gasteiger partial charge on any atom is 0.249 e. The van der Waals surface area contributed by atoms with Crippen LogP contribution in [-0.4, -0.2) is 16.8 Å². The molecule has 0 bridgehead atoms. The van der Waals surface area contributed by atoms with Gasteiger partial charge in [-0.15, -0.1) is 11.6 Å². The number of para-hydroxylation sites is 1. The molecule has 0 fully saturated rings. The monoisotopic (exact) mass is 289 g/mol. The third kappa shape index (κ3) is 2.06. The lowest BCUT2D eigenvalue weighted by atomic mass is 10.1. The predicted octanol–water partition coefficient (Wildman–Crippen LogP) is 2.20. The number of carbonyl (C=O) groups excluding carboxylic acids is 1. The predicted molar refractivity (Wildman–Crippen MR) is 78.7 cm³/mol. The van der Waals surface area contributed by atoms with Crippen molar-refractivity contribution in [1.29, 1.82) is 0 Å². The van der Waals surface area contributed by atoms with Crippen LogP contribution in [0.4, 0.5) is 17.2 Å². The van der Waals surface area contributed by atoms with E-state index in [1.54, 1.807) is 6.07 Å². The number of H-pyrrole nitrogens is 1. The zero-order valence-corrected chi connectivity index (χ0v) is 11.3. The van der Waals surface area contributed by atoms with Crippen LogP contribution in [0.1, 0.15) is 5.56 Å². The number of halogens is 1. The van der Waals surface area contributed by atoms with Gasteiger partial charge in [0.1, 0.15) is 11.7 Å². The van der Waals surface area contributed by atoms with E-state index in [-0.39, 0.29) is 17.3 Å². The second-order valence-electron chi connectivity index (χ2n) is 4.43. The number of hydrogen-bond donors (Lipinski definition) is 2. The van der Waals surface area contributed by atoms with Crippen molar-refractivity contribution in [3.8, 4) is 0 Å². The molecule has 1 aromatic heterocycles. The number of nitrogens with zero attached hydrogens (tertiary/aromatic N) is 1. The summed E-state index contributed by atoms with van der Waals surface area (Å²) in [7, 11) is 0. The number of amides is 1. The van der Waals surface area contributed by atoms with Crippen molar-refractivity contribution in [1.82, 2.24) is 4.98 Å². The van der Waals surface area contributed by atoms with Crippen LogP contribution in [0.15, 0.2) is 41.2 Å². The summed E-state index contributed by atoms with van der Waals surface area (Å²) in [5.41, 5.74) is 2.12. The van der Waals surface area contributed by atoms with E-state index < -0.39 is 0 Å². The van der Waals surface area contributed by atoms with Crippen molar-refractivity contribution in [3.63, 3.8) is 0 Å². The van der Waals surface area contributed by atoms with Crippen LogP contribution < -0.4 is 15.8 Å². The third-order valence-electron chi connectivity index (χ3n) is 3.19. The van der Waals surface area contributed by atoms with Crippen molar-refractivity contribution < 1.29 is 4.79 Å². The van der Waals surface area contributed by atoms with Crippen LogP contribution in [0.2, 0.25) is 0 Å². The molecular weight excluding hydrogens is 278 g/mol. The topological polar surface area (TPSA) is 65.2 Å². The van der Waals surface area contributed by atoms with Gasteiger partial charge in [0.15, 0.2) is 0 Å². The molecule has 0 saturated carbocycles. The first-order chi connectivity index (χ1) is 9.70. The van der Waals surface area contributed by atoms with Crippen LogP contribution in [0.25, 0.3) is 0 Å². The first-order valence-corrected chi connectivity index (χ1v) is 6.68. The van der Waals surface area contributed by atoms with Crippen molar-refractivity contribution in [2.45, 2.75) is 6.54 Å². The van der Waals surface area contributed by atoms with Crippen molar-refractivity contribution in [2.75, 3.05) is 16.1 Å². The average molecular weight is 290 g/mol. The summed E-state index contributed by atoms with van der Waals surface area (Å²) in [5, 5.41) is 3.21. The fraction of sp³-hybridized carbons (Fsp3) is 0.143. The highest BCUT2D eigenvalue weighted by atomic mass is 35.5. The van der Waals surface area contributed by atoms with Gasteiger partial charge in [0, 0.05) is 12.6 Å². The molecule has 0 saturated heterocycles. The number of fused-ring (bicyclic) bond motifs is 2. The lowest BCUT2D eigenvalue weighted by molar-refractivity contribution is -0.115. The summed E-state index contributed by atoms with van der Waals surface area (Å²) in [5.74, 6) is -0.0240. The SMILES string of the molecule is O=C(CCl)N1c2ccccc2CNc2ccc(=O)[nH]c21. The Kier molecular flexibility index (Phi) is 3.20. The van der Waals surface area contributed by atoms with Gasteiger partial charge in [-0.3, -0.25) is 14.5 Å². The number of hydrogen-bond acceptors (Lipinski definition) is 3. The van der Waals surface area contributed by atoms with Crippen LogP contribution in [-0.2, 0) is 11.3 Å². The van der Waals surface area contributed by atoms with Gasteiger partial charge >= 0.3 is 0 Å². The van der Waals surface area contributed by atoms with Crippen LogP contribution in [0.3, 0.4) is 0 Å². The quantitative estimate of drug-likeness (QED) is 0.791. The van der Waals surface area contributed by atoms with Gasteiger partial charge in [-0.2, -0.15) is 0 Å². The minimum atomic E-state index is -0.286. The summed E-state index contributed by atoms with van der Waals surface area (Å²) in [6.07, 6.45) is 0. The smallest absolute Gasteiger partial charge is 0.249 e. The fourth-order valence-electron chi connectivity index (χ4n) is 2.29. The number of nitrogens with one attached hydrogen (secondary N) is 2. The molecule has 0 radical (unpaired) electrons. The van der Waals surface area contributed by atoms with Gasteiger partial charge in [-0.1, -0.05) is 18.2 Å². The number of benzene rings is 1. The molecule has 0 atom stereocenters. The summed E-state index contributed by atoms with van der Waals surface area (Å²) in [4.78, 5) is 27.9. The number of rotatable bonds is 1. The molecule has 1 aromatic carbocycles. The van der Waals surface area contributed by atoms with Crippen molar-refractivity contribution >= 4 is 34.7 Å². The maximum absolute atomic E-state index is 12.2. The first kappa shape index (κ1) is 12.7. The molecule has 0 spiro atoms. The van der Waals surface area contributed by atoms with E-state index in [1.165, 1.54) is 11.0 Å². The molecule has 0 aliphatic carbocycles. The summed E-state index contributed by atoms with van der Waals surface area (Å²) < 4.78 is 0. The van der Waals surface area contributed by atoms with E-state index in [0.29, 0.717) is 18.1 Å². The molecule has 0 unspecified atom stereocenters. The van der Waals surface area contributed by atoms with Crippen LogP contribution in [0.5, 0.6) is 0 Å². The third-order valence-corrected chi connectivity index (χ3v) is 3.42. The van der Waals surface area contributed by atoms with Gasteiger partial charge in [0.05, 0.1) is 11.4 Å². The average Bonchev–Trinajstić information content (AvgIpc) is 2.63. The highest BCUT2D eigenvalue weighted by Gasteiger charge is 2.25. The number of anilines is 3. The van der Waals surface area contributed by atoms with E-state index in [0.717, 1.165) is 11.3 Å². The Bertz CT molecular complexity index is 726. The number of alkyl halides is 1. The number of aromatic nitrogens is 1. The Morgan fingerprint density at radius 2 is 2.05 bits per heavy atom. The molecule has 2 aromatic rings. The largest absolute Gasteiger partial charge is 0.378 e. The Morgan fingerprint density at radius 3 is 2.85 bits per heavy atom. The highest BCUT2D eigenvalue weighted by Crippen LogP contribution is 2.35. The van der Waals surface area contributed by atoms with Crippen LogP contribution in [0, 0.1) is 0 Å². The normalized spacial score (nSPS) is 12.9. The van der Waals surface area contributed by atoms with E-state index in [9.17, 15) is 9.59 Å². The molecule has 1 aliphatic rings. The van der Waals surface area contributed by atoms with E-state index in [1.807, 2.05) is 24.3 Å². The lowest BCUT2D eigenvalue weighted by Crippen LogP contribution is -2.29. The summed E-state index contributed by atoms with van der Waals surface area (Å²) in [6.45, 7) is 0.571. The zero-order valence-electron chi connectivity index (χ0n) is 10.5. The Labute approximate surface area is 120 Å². The van der Waals surface area contributed by atoms with Crippen molar-refractivity contribution in [3.05, 3.63) is 52.3 Å². The molecule has 5 nitrogen and oxygen atoms in total. The second-order valence-corrected chi connectivity index (χ2v) is 4.70. The van der Waals surface area contributed by atoms with Gasteiger partial charge in [0.2, 0.25) is 11.5 Å². The zero-order chi connectivity index (χ0) is 14.1. The Hall–Kier alpha value is -2.27. The molecule has 102 valence electrons. The molecule has 1 aliphatic heterocycles. The van der Waals surface area contributed by atoms with Gasteiger partial charge < -0.3 is 10.3 Å². The number of carbonyl (C=O) groups is 1. The number of aromatic amines is 1. The summed E-state index contributed by atoms with van der Waals surface area (Å²) >= 11 is 5.71. The number of pyridine rings is 1. The van der Waals surface area contributed by atoms with Gasteiger partial charge in [-0.25, -0.2) is 0 Å². The van der Waals surface area contributed by atoms with Gasteiger partial charge in [0.25, 0.3) is 0 Å². The minimum absolute atomic E-state index is 0.162. The lowest BCUT2D eigenvalue weighted by Gasteiger charge is -2.22. The van der Waals surface area contributed by atoms with E-state index >= 15 is 0 Å². The minimum Gasteiger partial charge on any atom is -0.378 e. The molecule has 2 heterocycles. The first-order valence-electron chi connectivity index (χ1n) is 6.15. The summed E-state index contributed by atoms with van der Waals surface area (Å²) in [6, 6.07) is 10.6. The van der Waals surface area contributed by atoms with Crippen molar-refractivity contribution in [2.24, 2.45) is 0 Å². The van der Waals surface area contributed by atoms with Gasteiger partial charge in [-0.05, 0) is 17.7 Å². The Balaban J connectivity index is 2.26. The molecule has 2 N–H and O–H groups in total. The molecule has 6 heteroatoms. The van der Waals surface area contributed by atoms with E-state index in [4.69, 9.17) is 11.6 Å². The molecular formula is C14H12ClN3O2. The second kappa shape index (κ2) is 5.02. The molecule has 20 heavy (non-hydrogen) atoms. The molecule has 1 amide bonds. The molecule has 3 rings (SSSR count).